The molecule has 0 aliphatic rings. The molecule has 1 heterocycles. The van der Waals surface area contributed by atoms with Gasteiger partial charge in [0, 0.05) is 22.3 Å². The third kappa shape index (κ3) is 3.54. The van der Waals surface area contributed by atoms with Gasteiger partial charge in [-0.15, -0.1) is 0 Å². The number of benzene rings is 1. The van der Waals surface area contributed by atoms with E-state index in [-0.39, 0.29) is 17.1 Å². The zero-order valence-corrected chi connectivity index (χ0v) is 11.6. The number of halogens is 1. The van der Waals surface area contributed by atoms with Crippen LogP contribution >= 0.6 is 27.7 Å². The van der Waals surface area contributed by atoms with Gasteiger partial charge in [0.1, 0.15) is 0 Å². The largest absolute Gasteiger partial charge is 0.301 e. The van der Waals surface area contributed by atoms with Crippen molar-refractivity contribution in [2.45, 2.75) is 5.16 Å². The first kappa shape index (κ1) is 13.0. The Morgan fingerprint density at radius 3 is 2.67 bits per heavy atom. The minimum atomic E-state index is -0.219. The second-order valence-electron chi connectivity index (χ2n) is 3.46. The Labute approximate surface area is 116 Å². The number of carbonyl (C=O) groups is 1. The number of carbonyl (C=O) groups excluding carboxylic acids is 1. The van der Waals surface area contributed by atoms with Crippen LogP contribution in [0.1, 0.15) is 10.4 Å². The van der Waals surface area contributed by atoms with Crippen LogP contribution in [0.25, 0.3) is 0 Å². The highest BCUT2D eigenvalue weighted by Gasteiger charge is 2.07. The molecule has 92 valence electrons. The van der Waals surface area contributed by atoms with Crippen LogP contribution in [0, 0.1) is 0 Å². The maximum atomic E-state index is 11.9. The molecule has 0 aliphatic heterocycles. The van der Waals surface area contributed by atoms with Crippen molar-refractivity contribution in [2.75, 3.05) is 5.75 Å². The van der Waals surface area contributed by atoms with Crippen molar-refractivity contribution in [1.29, 1.82) is 0 Å². The van der Waals surface area contributed by atoms with E-state index in [1.54, 1.807) is 12.1 Å². The van der Waals surface area contributed by atoms with E-state index in [4.69, 9.17) is 0 Å². The molecule has 0 spiro atoms. The molecule has 2 aromatic rings. The standard InChI is InChI=1S/C12H9BrN2O2S/c13-9-3-1-8(2-4-9)10(16)7-18-12-14-6-5-11(17)15-12/h1-6H,7H2,(H,14,15,17). The Bertz CT molecular complexity index is 610. The molecule has 6 heteroatoms. The molecule has 1 aromatic carbocycles. The molecular weight excluding hydrogens is 316 g/mol. The van der Waals surface area contributed by atoms with Crippen LogP contribution in [0.15, 0.2) is 51.0 Å². The van der Waals surface area contributed by atoms with Crippen LogP contribution in [-0.2, 0) is 0 Å². The van der Waals surface area contributed by atoms with Crippen molar-refractivity contribution >= 4 is 33.5 Å². The fourth-order valence-corrected chi connectivity index (χ4v) is 2.29. The Morgan fingerprint density at radius 2 is 2.00 bits per heavy atom. The summed E-state index contributed by atoms with van der Waals surface area (Å²) < 4.78 is 0.931. The second-order valence-corrected chi connectivity index (χ2v) is 5.34. The molecular formula is C12H9BrN2O2S. The third-order valence-electron chi connectivity index (χ3n) is 2.15. The summed E-state index contributed by atoms with van der Waals surface area (Å²) in [6.45, 7) is 0. The lowest BCUT2D eigenvalue weighted by molar-refractivity contribution is 0.102. The number of thioether (sulfide) groups is 1. The third-order valence-corrected chi connectivity index (χ3v) is 3.57. The van der Waals surface area contributed by atoms with Crippen molar-refractivity contribution in [3.8, 4) is 0 Å². The first-order valence-electron chi connectivity index (χ1n) is 5.12. The van der Waals surface area contributed by atoms with Crippen molar-refractivity contribution < 1.29 is 4.79 Å². The van der Waals surface area contributed by atoms with E-state index >= 15 is 0 Å². The lowest BCUT2D eigenvalue weighted by atomic mass is 10.2. The van der Waals surface area contributed by atoms with Crippen LogP contribution in [0.5, 0.6) is 0 Å². The highest BCUT2D eigenvalue weighted by Crippen LogP contribution is 2.15. The number of rotatable bonds is 4. The Balaban J connectivity index is 2.00. The van der Waals surface area contributed by atoms with Crippen LogP contribution in [0.4, 0.5) is 0 Å². The van der Waals surface area contributed by atoms with Crippen molar-refractivity contribution in [3.05, 3.63) is 56.9 Å². The van der Waals surface area contributed by atoms with Gasteiger partial charge in [0.2, 0.25) is 0 Å². The molecule has 1 N–H and O–H groups in total. The smallest absolute Gasteiger partial charge is 0.251 e. The fraction of sp³-hybridized carbons (Fsp3) is 0.0833. The van der Waals surface area contributed by atoms with Gasteiger partial charge in [0.15, 0.2) is 10.9 Å². The Morgan fingerprint density at radius 1 is 1.28 bits per heavy atom. The molecule has 0 unspecified atom stereocenters. The number of ketones is 1. The maximum absolute atomic E-state index is 11.9. The van der Waals surface area contributed by atoms with Gasteiger partial charge < -0.3 is 4.98 Å². The average molecular weight is 325 g/mol. The van der Waals surface area contributed by atoms with Crippen molar-refractivity contribution in [1.82, 2.24) is 9.97 Å². The maximum Gasteiger partial charge on any atom is 0.251 e. The topological polar surface area (TPSA) is 62.8 Å². The molecule has 0 radical (unpaired) electrons. The number of nitrogens with zero attached hydrogens (tertiary/aromatic N) is 1. The zero-order valence-electron chi connectivity index (χ0n) is 9.22. The summed E-state index contributed by atoms with van der Waals surface area (Å²) in [5.74, 6) is 0.244. The Hall–Kier alpha value is -1.40. The molecule has 0 atom stereocenters. The predicted molar refractivity (Wildman–Crippen MR) is 74.1 cm³/mol. The van der Waals surface area contributed by atoms with Gasteiger partial charge in [-0.2, -0.15) is 0 Å². The molecule has 18 heavy (non-hydrogen) atoms. The van der Waals surface area contributed by atoms with Gasteiger partial charge in [-0.25, -0.2) is 4.98 Å². The highest BCUT2D eigenvalue weighted by atomic mass is 79.9. The predicted octanol–water partition coefficient (Wildman–Crippen LogP) is 2.51. The van der Waals surface area contributed by atoms with Gasteiger partial charge in [0.05, 0.1) is 5.75 Å². The first-order valence-corrected chi connectivity index (χ1v) is 6.90. The van der Waals surface area contributed by atoms with Crippen LogP contribution < -0.4 is 5.56 Å². The van der Waals surface area contributed by atoms with E-state index in [9.17, 15) is 9.59 Å². The molecule has 0 bridgehead atoms. The van der Waals surface area contributed by atoms with Gasteiger partial charge in [-0.3, -0.25) is 9.59 Å². The molecule has 0 aliphatic carbocycles. The number of H-pyrrole nitrogens is 1. The minimum absolute atomic E-state index is 0.000924. The monoisotopic (exact) mass is 324 g/mol. The summed E-state index contributed by atoms with van der Waals surface area (Å²) in [7, 11) is 0. The lowest BCUT2D eigenvalue weighted by Gasteiger charge is -2.01. The molecule has 0 saturated heterocycles. The summed E-state index contributed by atoms with van der Waals surface area (Å²) in [4.78, 5) is 29.4. The van der Waals surface area contributed by atoms with E-state index in [1.807, 2.05) is 12.1 Å². The van der Waals surface area contributed by atoms with E-state index in [1.165, 1.54) is 24.0 Å². The summed E-state index contributed by atoms with van der Waals surface area (Å²) in [5.41, 5.74) is 0.424. The van der Waals surface area contributed by atoms with Crippen LogP contribution in [0.2, 0.25) is 0 Å². The molecule has 0 amide bonds. The molecule has 2 rings (SSSR count). The van der Waals surface area contributed by atoms with Crippen LogP contribution in [-0.4, -0.2) is 21.5 Å². The SMILES string of the molecule is O=C(CSc1nccc(=O)[nH]1)c1ccc(Br)cc1. The van der Waals surface area contributed by atoms with Gasteiger partial charge in [-0.1, -0.05) is 39.8 Å². The normalized spacial score (nSPS) is 10.3. The molecule has 0 saturated carbocycles. The highest BCUT2D eigenvalue weighted by molar-refractivity contribution is 9.10. The summed E-state index contributed by atoms with van der Waals surface area (Å²) in [6.07, 6.45) is 1.42. The number of Topliss-reactive ketones (excluding diaryl/α,β-unsaturated/α-hetero) is 1. The quantitative estimate of drug-likeness (QED) is 0.533. The van der Waals surface area contributed by atoms with Crippen molar-refractivity contribution in [3.63, 3.8) is 0 Å². The van der Waals surface area contributed by atoms with E-state index in [0.29, 0.717) is 10.7 Å². The van der Waals surface area contributed by atoms with E-state index in [0.717, 1.165) is 4.47 Å². The first-order chi connectivity index (χ1) is 8.65. The van der Waals surface area contributed by atoms with Crippen LogP contribution in [0.3, 0.4) is 0 Å². The molecule has 1 aromatic heterocycles. The number of aromatic nitrogens is 2. The molecule has 0 fully saturated rings. The van der Waals surface area contributed by atoms with Gasteiger partial charge in [0.25, 0.3) is 5.56 Å². The molecule has 4 nitrogen and oxygen atoms in total. The minimum Gasteiger partial charge on any atom is -0.301 e. The summed E-state index contributed by atoms with van der Waals surface area (Å²) in [5, 5.41) is 0.452. The number of aromatic amines is 1. The second kappa shape index (κ2) is 5.97. The Kier molecular flexibility index (Phi) is 4.33. The number of hydrogen-bond donors (Lipinski definition) is 1. The zero-order chi connectivity index (χ0) is 13.0. The van der Waals surface area contributed by atoms with Gasteiger partial charge >= 0.3 is 0 Å². The van der Waals surface area contributed by atoms with E-state index in [2.05, 4.69) is 25.9 Å². The lowest BCUT2D eigenvalue weighted by Crippen LogP contribution is -2.07. The number of hydrogen-bond acceptors (Lipinski definition) is 4. The van der Waals surface area contributed by atoms with Crippen molar-refractivity contribution in [2.24, 2.45) is 0 Å². The van der Waals surface area contributed by atoms with Gasteiger partial charge in [-0.05, 0) is 12.1 Å². The summed E-state index contributed by atoms with van der Waals surface area (Å²) >= 11 is 4.53. The number of nitrogens with one attached hydrogen (secondary N) is 1. The summed E-state index contributed by atoms with van der Waals surface area (Å²) in [6, 6.07) is 8.49. The fourth-order valence-electron chi connectivity index (χ4n) is 1.28. The average Bonchev–Trinajstić information content (AvgIpc) is 2.37. The van der Waals surface area contributed by atoms with E-state index < -0.39 is 0 Å².